The topological polar surface area (TPSA) is 46.3 Å². The summed E-state index contributed by atoms with van der Waals surface area (Å²) >= 11 is 3.51. The summed E-state index contributed by atoms with van der Waals surface area (Å²) in [5.41, 5.74) is 2.92. The molecule has 1 unspecified atom stereocenters. The van der Waals surface area contributed by atoms with Gasteiger partial charge in [0.25, 0.3) is 0 Å². The van der Waals surface area contributed by atoms with E-state index in [2.05, 4.69) is 33.2 Å². The van der Waals surface area contributed by atoms with Gasteiger partial charge in [0, 0.05) is 16.6 Å². The lowest BCUT2D eigenvalue weighted by Gasteiger charge is -2.25. The van der Waals surface area contributed by atoms with Gasteiger partial charge in [0.1, 0.15) is 5.76 Å². The summed E-state index contributed by atoms with van der Waals surface area (Å²) < 4.78 is 6.21. The minimum atomic E-state index is 0.150. The number of rotatable bonds is 3. The molecule has 0 aliphatic carbocycles. The predicted octanol–water partition coefficient (Wildman–Crippen LogP) is 3.96. The first-order valence-corrected chi connectivity index (χ1v) is 8.32. The Balaban J connectivity index is 1.80. The standard InChI is InChI=1S/C17H19BrN2O2/c1-11-15(12(2)22-19-11)10-17(21)20-8-4-7-16(20)13-5-3-6-14(18)9-13/h3,5-6,9,16H,4,7-8,10H2,1-2H3. The van der Waals surface area contributed by atoms with Crippen molar-refractivity contribution in [2.75, 3.05) is 6.54 Å². The molecule has 1 saturated heterocycles. The lowest BCUT2D eigenvalue weighted by Crippen LogP contribution is -2.32. The Labute approximate surface area is 138 Å². The van der Waals surface area contributed by atoms with E-state index in [1.165, 1.54) is 5.56 Å². The fourth-order valence-corrected chi connectivity index (χ4v) is 3.55. The van der Waals surface area contributed by atoms with Crippen LogP contribution in [0.1, 0.15) is 41.5 Å². The van der Waals surface area contributed by atoms with Crippen molar-refractivity contribution in [3.8, 4) is 0 Å². The molecule has 1 aliphatic heterocycles. The van der Waals surface area contributed by atoms with E-state index in [1.54, 1.807) is 0 Å². The second-order valence-electron chi connectivity index (χ2n) is 5.78. The molecule has 5 heteroatoms. The summed E-state index contributed by atoms with van der Waals surface area (Å²) in [6.07, 6.45) is 2.43. The number of benzene rings is 1. The molecular formula is C17H19BrN2O2. The number of hydrogen-bond acceptors (Lipinski definition) is 3. The number of aromatic nitrogens is 1. The van der Waals surface area contributed by atoms with E-state index in [4.69, 9.17) is 4.52 Å². The van der Waals surface area contributed by atoms with E-state index in [9.17, 15) is 4.79 Å². The van der Waals surface area contributed by atoms with Gasteiger partial charge < -0.3 is 9.42 Å². The van der Waals surface area contributed by atoms with Crippen LogP contribution in [-0.4, -0.2) is 22.5 Å². The Hall–Kier alpha value is -1.62. The third kappa shape index (κ3) is 2.95. The summed E-state index contributed by atoms with van der Waals surface area (Å²) in [5.74, 6) is 0.890. The molecule has 3 rings (SSSR count). The molecule has 0 spiro atoms. The first-order valence-electron chi connectivity index (χ1n) is 7.53. The fourth-order valence-electron chi connectivity index (χ4n) is 3.13. The molecule has 0 bridgehead atoms. The molecule has 2 aromatic rings. The van der Waals surface area contributed by atoms with Gasteiger partial charge in [-0.15, -0.1) is 0 Å². The summed E-state index contributed by atoms with van der Waals surface area (Å²) in [5, 5.41) is 3.93. The average molecular weight is 363 g/mol. The summed E-state index contributed by atoms with van der Waals surface area (Å²) in [6, 6.07) is 8.40. The highest BCUT2D eigenvalue weighted by Gasteiger charge is 2.30. The van der Waals surface area contributed by atoms with Crippen molar-refractivity contribution >= 4 is 21.8 Å². The molecule has 1 fully saturated rings. The highest BCUT2D eigenvalue weighted by molar-refractivity contribution is 9.10. The van der Waals surface area contributed by atoms with Crippen molar-refractivity contribution in [1.29, 1.82) is 0 Å². The van der Waals surface area contributed by atoms with E-state index in [-0.39, 0.29) is 11.9 Å². The van der Waals surface area contributed by atoms with E-state index < -0.39 is 0 Å². The average Bonchev–Trinajstić information content (AvgIpc) is 3.09. The molecule has 22 heavy (non-hydrogen) atoms. The largest absolute Gasteiger partial charge is 0.361 e. The van der Waals surface area contributed by atoms with Gasteiger partial charge in [-0.25, -0.2) is 0 Å². The smallest absolute Gasteiger partial charge is 0.227 e. The first-order chi connectivity index (χ1) is 10.6. The van der Waals surface area contributed by atoms with Gasteiger partial charge in [0.05, 0.1) is 18.2 Å². The van der Waals surface area contributed by atoms with Crippen molar-refractivity contribution in [2.24, 2.45) is 0 Å². The van der Waals surface area contributed by atoms with Crippen LogP contribution >= 0.6 is 15.9 Å². The number of hydrogen-bond donors (Lipinski definition) is 0. The van der Waals surface area contributed by atoms with Crippen LogP contribution in [0.3, 0.4) is 0 Å². The fraction of sp³-hybridized carbons (Fsp3) is 0.412. The maximum absolute atomic E-state index is 12.7. The number of carbonyl (C=O) groups excluding carboxylic acids is 1. The second-order valence-corrected chi connectivity index (χ2v) is 6.70. The zero-order valence-corrected chi connectivity index (χ0v) is 14.4. The van der Waals surface area contributed by atoms with Crippen LogP contribution in [0.25, 0.3) is 0 Å². The van der Waals surface area contributed by atoms with Crippen LogP contribution in [0.15, 0.2) is 33.3 Å². The lowest BCUT2D eigenvalue weighted by atomic mass is 10.0. The normalized spacial score (nSPS) is 18.0. The maximum Gasteiger partial charge on any atom is 0.227 e. The Morgan fingerprint density at radius 1 is 1.45 bits per heavy atom. The van der Waals surface area contributed by atoms with Gasteiger partial charge in [-0.1, -0.05) is 33.2 Å². The van der Waals surface area contributed by atoms with Crippen molar-refractivity contribution in [1.82, 2.24) is 10.1 Å². The van der Waals surface area contributed by atoms with Gasteiger partial charge in [0.2, 0.25) is 5.91 Å². The molecule has 1 aromatic heterocycles. The SMILES string of the molecule is Cc1noc(C)c1CC(=O)N1CCCC1c1cccc(Br)c1. The van der Waals surface area contributed by atoms with Gasteiger partial charge >= 0.3 is 0 Å². The van der Waals surface area contributed by atoms with E-state index in [0.717, 1.165) is 40.9 Å². The molecule has 4 nitrogen and oxygen atoms in total. The van der Waals surface area contributed by atoms with E-state index in [1.807, 2.05) is 30.9 Å². The molecule has 1 aliphatic rings. The molecule has 1 aromatic carbocycles. The van der Waals surface area contributed by atoms with Crippen LogP contribution in [0, 0.1) is 13.8 Å². The third-order valence-corrected chi connectivity index (χ3v) is 4.81. The Kier molecular flexibility index (Phi) is 4.34. The van der Waals surface area contributed by atoms with E-state index >= 15 is 0 Å². The Morgan fingerprint density at radius 3 is 2.95 bits per heavy atom. The molecule has 116 valence electrons. The molecule has 1 amide bonds. The van der Waals surface area contributed by atoms with Crippen molar-refractivity contribution in [3.63, 3.8) is 0 Å². The van der Waals surface area contributed by atoms with Gasteiger partial charge in [-0.2, -0.15) is 0 Å². The molecule has 0 radical (unpaired) electrons. The van der Waals surface area contributed by atoms with Crippen LogP contribution < -0.4 is 0 Å². The van der Waals surface area contributed by atoms with E-state index in [0.29, 0.717) is 6.42 Å². The molecule has 2 heterocycles. The van der Waals surface area contributed by atoms with Crippen molar-refractivity contribution in [3.05, 3.63) is 51.3 Å². The highest BCUT2D eigenvalue weighted by Crippen LogP contribution is 2.33. The molecular weight excluding hydrogens is 344 g/mol. The number of likely N-dealkylation sites (tertiary alicyclic amines) is 1. The Morgan fingerprint density at radius 2 is 2.27 bits per heavy atom. The zero-order valence-electron chi connectivity index (χ0n) is 12.8. The number of amides is 1. The van der Waals surface area contributed by atoms with Crippen molar-refractivity contribution < 1.29 is 9.32 Å². The lowest BCUT2D eigenvalue weighted by molar-refractivity contribution is -0.131. The first kappa shape index (κ1) is 15.3. The third-order valence-electron chi connectivity index (χ3n) is 4.32. The van der Waals surface area contributed by atoms with Gasteiger partial charge in [-0.05, 0) is 44.4 Å². The Bertz CT molecular complexity index is 676. The van der Waals surface area contributed by atoms with Crippen LogP contribution in [0.4, 0.5) is 0 Å². The van der Waals surface area contributed by atoms with Gasteiger partial charge in [0.15, 0.2) is 0 Å². The van der Waals surface area contributed by atoms with Crippen LogP contribution in [-0.2, 0) is 11.2 Å². The number of aryl methyl sites for hydroxylation is 2. The van der Waals surface area contributed by atoms with Crippen molar-refractivity contribution in [2.45, 2.75) is 39.2 Å². The summed E-state index contributed by atoms with van der Waals surface area (Å²) in [4.78, 5) is 14.7. The maximum atomic E-state index is 12.7. The summed E-state index contributed by atoms with van der Waals surface area (Å²) in [6.45, 7) is 4.56. The molecule has 1 atom stereocenters. The minimum absolute atomic E-state index is 0.150. The zero-order chi connectivity index (χ0) is 15.7. The van der Waals surface area contributed by atoms with Crippen LogP contribution in [0.5, 0.6) is 0 Å². The molecule has 0 saturated carbocycles. The number of nitrogens with zero attached hydrogens (tertiary/aromatic N) is 2. The second kappa shape index (κ2) is 6.24. The number of halogens is 1. The highest BCUT2D eigenvalue weighted by atomic mass is 79.9. The predicted molar refractivity (Wildman–Crippen MR) is 87.5 cm³/mol. The van der Waals surface area contributed by atoms with Gasteiger partial charge in [-0.3, -0.25) is 4.79 Å². The monoisotopic (exact) mass is 362 g/mol. The minimum Gasteiger partial charge on any atom is -0.361 e. The summed E-state index contributed by atoms with van der Waals surface area (Å²) in [7, 11) is 0. The molecule has 0 N–H and O–H groups in total. The van der Waals surface area contributed by atoms with Crippen LogP contribution in [0.2, 0.25) is 0 Å². The quantitative estimate of drug-likeness (QED) is 0.829. The number of carbonyl (C=O) groups is 1.